The van der Waals surface area contributed by atoms with E-state index in [9.17, 15) is 9.59 Å². The van der Waals surface area contributed by atoms with Crippen molar-refractivity contribution in [1.29, 1.82) is 0 Å². The molecule has 0 fully saturated rings. The Kier molecular flexibility index (Phi) is 6.97. The molecule has 190 valence electrons. The Morgan fingerprint density at radius 3 is 2.65 bits per heavy atom. The standard InChI is InChI=1S/C30H32N4O3/c1-33(2)18-16-31-26(35)15-17-34-29(22-11-4-5-12-23(22)30(34)36)27-24-13-6-7-14-25(24)32-28(27)20-9-8-10-21(19-20)37-3/h4-14,19,29,32H,15-18H2,1-3H3,(H,31,35)/t29-/m1/s1. The van der Waals surface area contributed by atoms with Crippen molar-refractivity contribution < 1.29 is 14.3 Å². The Morgan fingerprint density at radius 2 is 1.84 bits per heavy atom. The maximum atomic E-state index is 13.7. The van der Waals surface area contributed by atoms with Gasteiger partial charge in [0.05, 0.1) is 18.8 Å². The average molecular weight is 497 g/mol. The molecule has 0 saturated heterocycles. The molecular formula is C30H32N4O3. The van der Waals surface area contributed by atoms with E-state index in [-0.39, 0.29) is 24.3 Å². The van der Waals surface area contributed by atoms with Crippen LogP contribution in [0.4, 0.5) is 0 Å². The number of likely N-dealkylation sites (N-methyl/N-ethyl adjacent to an activating group) is 1. The number of nitrogens with one attached hydrogen (secondary N) is 2. The number of rotatable bonds is 9. The molecular weight excluding hydrogens is 464 g/mol. The second-order valence-electron chi connectivity index (χ2n) is 9.58. The minimum absolute atomic E-state index is 0.0523. The quantitative estimate of drug-likeness (QED) is 0.359. The van der Waals surface area contributed by atoms with Gasteiger partial charge in [0.25, 0.3) is 5.91 Å². The molecule has 0 bridgehead atoms. The Balaban J connectivity index is 1.57. The Bertz CT molecular complexity index is 1440. The SMILES string of the molecule is COc1cccc(-c2[nH]c3ccccc3c2[C@H]2c3ccccc3C(=O)N2CCC(=O)NCCN(C)C)c1. The van der Waals surface area contributed by atoms with E-state index in [1.807, 2.05) is 90.6 Å². The zero-order chi connectivity index (χ0) is 25.9. The predicted molar refractivity (Wildman–Crippen MR) is 146 cm³/mol. The van der Waals surface area contributed by atoms with Crippen LogP contribution in [0.15, 0.2) is 72.8 Å². The van der Waals surface area contributed by atoms with E-state index in [1.54, 1.807) is 7.11 Å². The first-order chi connectivity index (χ1) is 18.0. The normalized spacial score (nSPS) is 14.9. The average Bonchev–Trinajstić information content (AvgIpc) is 3.42. The molecule has 2 amide bonds. The summed E-state index contributed by atoms with van der Waals surface area (Å²) in [7, 11) is 5.60. The molecule has 0 aliphatic carbocycles. The number of para-hydroxylation sites is 1. The molecule has 0 spiro atoms. The van der Waals surface area contributed by atoms with Crippen molar-refractivity contribution in [1.82, 2.24) is 20.1 Å². The fraction of sp³-hybridized carbons (Fsp3) is 0.267. The molecule has 2 N–H and O–H groups in total. The fourth-order valence-corrected chi connectivity index (χ4v) is 5.10. The zero-order valence-electron chi connectivity index (χ0n) is 21.5. The van der Waals surface area contributed by atoms with Crippen LogP contribution < -0.4 is 10.1 Å². The lowest BCUT2D eigenvalue weighted by Crippen LogP contribution is -2.36. The van der Waals surface area contributed by atoms with E-state index < -0.39 is 0 Å². The van der Waals surface area contributed by atoms with Crippen molar-refractivity contribution >= 4 is 22.7 Å². The van der Waals surface area contributed by atoms with E-state index in [0.29, 0.717) is 18.7 Å². The number of fused-ring (bicyclic) bond motifs is 2. The van der Waals surface area contributed by atoms with Gasteiger partial charge in [-0.05, 0) is 43.9 Å². The molecule has 4 aromatic rings. The molecule has 7 heteroatoms. The Morgan fingerprint density at radius 1 is 1.05 bits per heavy atom. The number of hydrogen-bond donors (Lipinski definition) is 2. The second kappa shape index (κ2) is 10.5. The van der Waals surface area contributed by atoms with Crippen LogP contribution in [0.1, 0.15) is 33.9 Å². The van der Waals surface area contributed by atoms with Gasteiger partial charge in [0.1, 0.15) is 5.75 Å². The number of H-pyrrole nitrogens is 1. The van der Waals surface area contributed by atoms with Crippen LogP contribution in [0.25, 0.3) is 22.2 Å². The number of aromatic nitrogens is 1. The minimum Gasteiger partial charge on any atom is -0.497 e. The highest BCUT2D eigenvalue weighted by Crippen LogP contribution is 2.45. The van der Waals surface area contributed by atoms with E-state index in [2.05, 4.69) is 16.4 Å². The highest BCUT2D eigenvalue weighted by Gasteiger charge is 2.40. The molecule has 0 unspecified atom stereocenters. The van der Waals surface area contributed by atoms with E-state index in [0.717, 1.165) is 45.6 Å². The molecule has 2 heterocycles. The van der Waals surface area contributed by atoms with Gasteiger partial charge < -0.3 is 24.8 Å². The molecule has 0 saturated carbocycles. The first kappa shape index (κ1) is 24.6. The van der Waals surface area contributed by atoms with Gasteiger partial charge >= 0.3 is 0 Å². The van der Waals surface area contributed by atoms with E-state index in [4.69, 9.17) is 4.74 Å². The van der Waals surface area contributed by atoms with Gasteiger partial charge in [0.2, 0.25) is 5.91 Å². The number of benzene rings is 3. The summed E-state index contributed by atoms with van der Waals surface area (Å²) in [6, 6.07) is 23.5. The number of carbonyl (C=O) groups excluding carboxylic acids is 2. The van der Waals surface area contributed by atoms with Crippen LogP contribution in [-0.4, -0.2) is 67.4 Å². The van der Waals surface area contributed by atoms with Crippen LogP contribution in [-0.2, 0) is 4.79 Å². The Hall–Kier alpha value is -4.10. The van der Waals surface area contributed by atoms with E-state index in [1.165, 1.54) is 0 Å². The number of hydrogen-bond acceptors (Lipinski definition) is 4. The molecule has 1 aliphatic rings. The van der Waals surface area contributed by atoms with Gasteiger partial charge in [0.15, 0.2) is 0 Å². The van der Waals surface area contributed by atoms with Crippen molar-refractivity contribution in [3.05, 3.63) is 89.5 Å². The summed E-state index contributed by atoms with van der Waals surface area (Å²) in [6.07, 6.45) is 0.237. The molecule has 1 aromatic heterocycles. The lowest BCUT2D eigenvalue weighted by atomic mass is 9.93. The van der Waals surface area contributed by atoms with Crippen molar-refractivity contribution in [2.24, 2.45) is 0 Å². The number of amides is 2. The third-order valence-electron chi connectivity index (χ3n) is 6.90. The molecule has 1 aliphatic heterocycles. The summed E-state index contributed by atoms with van der Waals surface area (Å²) in [5, 5.41) is 4.02. The molecule has 1 atom stereocenters. The van der Waals surface area contributed by atoms with Crippen molar-refractivity contribution in [2.75, 3.05) is 40.8 Å². The van der Waals surface area contributed by atoms with Gasteiger partial charge in [-0.15, -0.1) is 0 Å². The van der Waals surface area contributed by atoms with Crippen LogP contribution >= 0.6 is 0 Å². The van der Waals surface area contributed by atoms with Crippen LogP contribution in [0.3, 0.4) is 0 Å². The first-order valence-electron chi connectivity index (χ1n) is 12.5. The van der Waals surface area contributed by atoms with Crippen LogP contribution in [0, 0.1) is 0 Å². The molecule has 37 heavy (non-hydrogen) atoms. The second-order valence-corrected chi connectivity index (χ2v) is 9.58. The summed E-state index contributed by atoms with van der Waals surface area (Å²) >= 11 is 0. The van der Waals surface area contributed by atoms with Gasteiger partial charge in [-0.2, -0.15) is 0 Å². The maximum absolute atomic E-state index is 13.7. The number of aromatic amines is 1. The first-order valence-corrected chi connectivity index (χ1v) is 12.5. The number of ether oxygens (including phenoxy) is 1. The molecule has 7 nitrogen and oxygen atoms in total. The third-order valence-corrected chi connectivity index (χ3v) is 6.90. The summed E-state index contributed by atoms with van der Waals surface area (Å²) in [4.78, 5) is 33.8. The molecule has 3 aromatic carbocycles. The van der Waals surface area contributed by atoms with Gasteiger partial charge in [0, 0.05) is 53.6 Å². The third kappa shape index (κ3) is 4.82. The zero-order valence-corrected chi connectivity index (χ0v) is 21.5. The van der Waals surface area contributed by atoms with Gasteiger partial charge in [-0.25, -0.2) is 0 Å². The smallest absolute Gasteiger partial charge is 0.255 e. The summed E-state index contributed by atoms with van der Waals surface area (Å²) < 4.78 is 5.50. The summed E-state index contributed by atoms with van der Waals surface area (Å²) in [5.74, 6) is 0.649. The van der Waals surface area contributed by atoms with Gasteiger partial charge in [-0.3, -0.25) is 9.59 Å². The molecule has 0 radical (unpaired) electrons. The lowest BCUT2D eigenvalue weighted by molar-refractivity contribution is -0.121. The number of carbonyl (C=O) groups is 2. The summed E-state index contributed by atoms with van der Waals surface area (Å²) in [6.45, 7) is 1.66. The highest BCUT2D eigenvalue weighted by molar-refractivity contribution is 6.02. The maximum Gasteiger partial charge on any atom is 0.255 e. The topological polar surface area (TPSA) is 77.7 Å². The van der Waals surface area contributed by atoms with Crippen molar-refractivity contribution in [3.8, 4) is 17.0 Å². The largest absolute Gasteiger partial charge is 0.497 e. The number of methoxy groups -OCH3 is 1. The van der Waals surface area contributed by atoms with E-state index >= 15 is 0 Å². The van der Waals surface area contributed by atoms with Crippen molar-refractivity contribution in [2.45, 2.75) is 12.5 Å². The lowest BCUT2D eigenvalue weighted by Gasteiger charge is -2.26. The van der Waals surface area contributed by atoms with Gasteiger partial charge in [-0.1, -0.05) is 48.5 Å². The molecule has 5 rings (SSSR count). The fourth-order valence-electron chi connectivity index (χ4n) is 5.10. The highest BCUT2D eigenvalue weighted by atomic mass is 16.5. The monoisotopic (exact) mass is 496 g/mol. The predicted octanol–water partition coefficient (Wildman–Crippen LogP) is 4.46. The summed E-state index contributed by atoms with van der Waals surface area (Å²) in [5.41, 5.74) is 5.57. The van der Waals surface area contributed by atoms with Crippen molar-refractivity contribution in [3.63, 3.8) is 0 Å². The number of nitrogens with zero attached hydrogens (tertiary/aromatic N) is 2. The van der Waals surface area contributed by atoms with Crippen LogP contribution in [0.5, 0.6) is 5.75 Å². The minimum atomic E-state index is -0.323. The van der Waals surface area contributed by atoms with Crippen LogP contribution in [0.2, 0.25) is 0 Å². The Labute approximate surface area is 217 Å².